The zero-order valence-electron chi connectivity index (χ0n) is 9.63. The van der Waals surface area contributed by atoms with Gasteiger partial charge in [0.1, 0.15) is 0 Å². The lowest BCUT2D eigenvalue weighted by molar-refractivity contribution is 0.581. The van der Waals surface area contributed by atoms with Gasteiger partial charge in [-0.05, 0) is 34.3 Å². The van der Waals surface area contributed by atoms with Gasteiger partial charge in [0.25, 0.3) is 0 Å². The lowest BCUT2D eigenvalue weighted by Gasteiger charge is -2.22. The number of anilines is 1. The third-order valence-corrected chi connectivity index (χ3v) is 5.26. The summed E-state index contributed by atoms with van der Waals surface area (Å²) in [5, 5.41) is 0. The van der Waals surface area contributed by atoms with Crippen LogP contribution in [0.1, 0.15) is 6.42 Å². The molecular formula is C11H15BrN2O2S. The zero-order chi connectivity index (χ0) is 12.5. The Bertz CT molecular complexity index is 504. The van der Waals surface area contributed by atoms with Crippen LogP contribution in [0.15, 0.2) is 22.9 Å². The second kappa shape index (κ2) is 4.94. The molecule has 1 aliphatic rings. The largest absolute Gasteiger partial charge is 0.373 e. The SMILES string of the molecule is CN(CC1CCS(=O)(=O)C1)c1cncc(Br)c1. The van der Waals surface area contributed by atoms with E-state index in [4.69, 9.17) is 0 Å². The van der Waals surface area contributed by atoms with E-state index in [1.165, 1.54) is 0 Å². The molecule has 94 valence electrons. The molecule has 2 heterocycles. The normalized spacial score (nSPS) is 22.6. The summed E-state index contributed by atoms with van der Waals surface area (Å²) in [6.07, 6.45) is 4.29. The smallest absolute Gasteiger partial charge is 0.150 e. The van der Waals surface area contributed by atoms with Gasteiger partial charge in [0.15, 0.2) is 9.84 Å². The Labute approximate surface area is 110 Å². The van der Waals surface area contributed by atoms with Gasteiger partial charge >= 0.3 is 0 Å². The Hall–Kier alpha value is -0.620. The number of aromatic nitrogens is 1. The van der Waals surface area contributed by atoms with Gasteiger partial charge in [0.05, 0.1) is 23.4 Å². The van der Waals surface area contributed by atoms with Gasteiger partial charge in [-0.1, -0.05) is 0 Å². The lowest BCUT2D eigenvalue weighted by atomic mass is 10.1. The summed E-state index contributed by atoms with van der Waals surface area (Å²) in [6.45, 7) is 0.761. The number of nitrogens with zero attached hydrogens (tertiary/aromatic N) is 2. The number of hydrogen-bond acceptors (Lipinski definition) is 4. The molecule has 0 saturated carbocycles. The number of pyridine rings is 1. The highest BCUT2D eigenvalue weighted by Crippen LogP contribution is 2.23. The maximum Gasteiger partial charge on any atom is 0.150 e. The molecule has 1 aliphatic heterocycles. The average Bonchev–Trinajstić information content (AvgIpc) is 2.58. The number of rotatable bonds is 3. The second-order valence-corrected chi connectivity index (χ2v) is 7.66. The molecule has 1 fully saturated rings. The highest BCUT2D eigenvalue weighted by Gasteiger charge is 2.28. The first-order valence-electron chi connectivity index (χ1n) is 5.48. The van der Waals surface area contributed by atoms with Gasteiger partial charge in [-0.25, -0.2) is 8.42 Å². The fraction of sp³-hybridized carbons (Fsp3) is 0.545. The van der Waals surface area contributed by atoms with E-state index < -0.39 is 9.84 Å². The van der Waals surface area contributed by atoms with Crippen molar-refractivity contribution in [1.82, 2.24) is 4.98 Å². The van der Waals surface area contributed by atoms with Crippen molar-refractivity contribution < 1.29 is 8.42 Å². The molecule has 0 N–H and O–H groups in total. The number of hydrogen-bond donors (Lipinski definition) is 0. The Kier molecular flexibility index (Phi) is 3.73. The Morgan fingerprint density at radius 2 is 2.29 bits per heavy atom. The number of sulfone groups is 1. The van der Waals surface area contributed by atoms with Crippen molar-refractivity contribution in [3.63, 3.8) is 0 Å². The Balaban J connectivity index is 2.00. The van der Waals surface area contributed by atoms with E-state index in [0.717, 1.165) is 23.1 Å². The predicted octanol–water partition coefficient (Wildman–Crippen LogP) is 1.71. The van der Waals surface area contributed by atoms with Crippen LogP contribution in [0.2, 0.25) is 0 Å². The minimum Gasteiger partial charge on any atom is -0.373 e. The first-order valence-corrected chi connectivity index (χ1v) is 8.10. The van der Waals surface area contributed by atoms with E-state index in [0.29, 0.717) is 11.5 Å². The molecule has 4 nitrogen and oxygen atoms in total. The van der Waals surface area contributed by atoms with E-state index >= 15 is 0 Å². The fourth-order valence-corrected chi connectivity index (χ4v) is 4.32. The quantitative estimate of drug-likeness (QED) is 0.851. The van der Waals surface area contributed by atoms with Crippen molar-refractivity contribution in [3.8, 4) is 0 Å². The molecule has 1 aromatic heterocycles. The van der Waals surface area contributed by atoms with Gasteiger partial charge in [-0.15, -0.1) is 0 Å². The van der Waals surface area contributed by atoms with Crippen molar-refractivity contribution in [2.75, 3.05) is 30.0 Å². The predicted molar refractivity (Wildman–Crippen MR) is 72.0 cm³/mol. The van der Waals surface area contributed by atoms with E-state index in [2.05, 4.69) is 25.8 Å². The average molecular weight is 319 g/mol. The maximum atomic E-state index is 11.4. The third-order valence-electron chi connectivity index (χ3n) is 2.99. The molecule has 0 amide bonds. The summed E-state index contributed by atoms with van der Waals surface area (Å²) in [7, 11) is -0.816. The molecular weight excluding hydrogens is 304 g/mol. The standard InChI is InChI=1S/C11H15BrN2O2S/c1-14(11-4-10(12)5-13-6-11)7-9-2-3-17(15,16)8-9/h4-6,9H,2-3,7-8H2,1H3. The molecule has 0 bridgehead atoms. The van der Waals surface area contributed by atoms with Crippen LogP contribution in [0, 0.1) is 5.92 Å². The highest BCUT2D eigenvalue weighted by atomic mass is 79.9. The molecule has 0 radical (unpaired) electrons. The van der Waals surface area contributed by atoms with Crippen LogP contribution in [0.3, 0.4) is 0 Å². The van der Waals surface area contributed by atoms with E-state index in [1.54, 1.807) is 12.4 Å². The molecule has 17 heavy (non-hydrogen) atoms. The molecule has 1 unspecified atom stereocenters. The molecule has 0 aromatic carbocycles. The maximum absolute atomic E-state index is 11.4. The van der Waals surface area contributed by atoms with Gasteiger partial charge < -0.3 is 4.90 Å². The van der Waals surface area contributed by atoms with Crippen molar-refractivity contribution >= 4 is 31.5 Å². The summed E-state index contributed by atoms with van der Waals surface area (Å²) >= 11 is 3.38. The van der Waals surface area contributed by atoms with Crippen LogP contribution in [-0.2, 0) is 9.84 Å². The Morgan fingerprint density at radius 1 is 1.53 bits per heavy atom. The Morgan fingerprint density at radius 3 is 2.88 bits per heavy atom. The summed E-state index contributed by atoms with van der Waals surface area (Å²) < 4.78 is 23.7. The van der Waals surface area contributed by atoms with E-state index in [-0.39, 0.29) is 5.92 Å². The second-order valence-electron chi connectivity index (χ2n) is 4.51. The van der Waals surface area contributed by atoms with Crippen molar-refractivity contribution in [1.29, 1.82) is 0 Å². The molecule has 0 aliphatic carbocycles. The van der Waals surface area contributed by atoms with Crippen molar-refractivity contribution in [2.45, 2.75) is 6.42 Å². The monoisotopic (exact) mass is 318 g/mol. The first kappa shape index (κ1) is 12.8. The molecule has 1 saturated heterocycles. The lowest BCUT2D eigenvalue weighted by Crippen LogP contribution is -2.26. The fourth-order valence-electron chi connectivity index (χ4n) is 2.12. The summed E-state index contributed by atoms with van der Waals surface area (Å²) in [6, 6.07) is 1.98. The molecule has 0 spiro atoms. The van der Waals surface area contributed by atoms with Gasteiger partial charge in [0, 0.05) is 24.3 Å². The first-order chi connectivity index (χ1) is 7.96. The molecule has 6 heteroatoms. The van der Waals surface area contributed by atoms with Gasteiger partial charge in [-0.2, -0.15) is 0 Å². The third kappa shape index (κ3) is 3.42. The van der Waals surface area contributed by atoms with Crippen LogP contribution in [0.4, 0.5) is 5.69 Å². The van der Waals surface area contributed by atoms with Crippen molar-refractivity contribution in [3.05, 3.63) is 22.9 Å². The summed E-state index contributed by atoms with van der Waals surface area (Å²) in [4.78, 5) is 6.16. The summed E-state index contributed by atoms with van der Waals surface area (Å²) in [5.41, 5.74) is 1.00. The molecule has 1 aromatic rings. The van der Waals surface area contributed by atoms with Crippen LogP contribution in [0.5, 0.6) is 0 Å². The minimum atomic E-state index is -2.78. The number of halogens is 1. The highest BCUT2D eigenvalue weighted by molar-refractivity contribution is 9.10. The van der Waals surface area contributed by atoms with Gasteiger partial charge in [0.2, 0.25) is 0 Å². The van der Waals surface area contributed by atoms with E-state index in [1.807, 2.05) is 13.1 Å². The van der Waals surface area contributed by atoms with Crippen LogP contribution >= 0.6 is 15.9 Å². The van der Waals surface area contributed by atoms with Crippen molar-refractivity contribution in [2.24, 2.45) is 5.92 Å². The van der Waals surface area contributed by atoms with Gasteiger partial charge in [-0.3, -0.25) is 4.98 Å². The molecule has 1 atom stereocenters. The zero-order valence-corrected chi connectivity index (χ0v) is 12.0. The minimum absolute atomic E-state index is 0.240. The van der Waals surface area contributed by atoms with Crippen LogP contribution in [0.25, 0.3) is 0 Å². The summed E-state index contributed by atoms with van der Waals surface area (Å²) in [5.74, 6) is 0.894. The van der Waals surface area contributed by atoms with Crippen LogP contribution < -0.4 is 4.90 Å². The topological polar surface area (TPSA) is 50.3 Å². The van der Waals surface area contributed by atoms with Crippen LogP contribution in [-0.4, -0.2) is 38.5 Å². The molecule has 2 rings (SSSR count). The van der Waals surface area contributed by atoms with E-state index in [9.17, 15) is 8.42 Å².